The highest BCUT2D eigenvalue weighted by atomic mass is 15.3. The van der Waals surface area contributed by atoms with E-state index in [1.54, 1.807) is 0 Å². The lowest BCUT2D eigenvalue weighted by Crippen LogP contribution is -2.47. The Morgan fingerprint density at radius 2 is 1.89 bits per heavy atom. The van der Waals surface area contributed by atoms with E-state index in [4.69, 9.17) is 11.5 Å². The van der Waals surface area contributed by atoms with Crippen LogP contribution >= 0.6 is 0 Å². The van der Waals surface area contributed by atoms with Crippen LogP contribution in [0.5, 0.6) is 0 Å². The highest BCUT2D eigenvalue weighted by Crippen LogP contribution is 2.19. The molecule has 1 rings (SSSR count). The first kappa shape index (κ1) is 14.8. The minimum absolute atomic E-state index is 0.697. The molecule has 3 heteroatoms. The van der Waals surface area contributed by atoms with Gasteiger partial charge < -0.3 is 16.0 Å². The zero-order chi connectivity index (χ0) is 13.8. The van der Waals surface area contributed by atoms with E-state index in [2.05, 4.69) is 27.9 Å². The van der Waals surface area contributed by atoms with Crippen molar-refractivity contribution in [2.75, 3.05) is 32.1 Å². The minimum atomic E-state index is 0.697. The summed E-state index contributed by atoms with van der Waals surface area (Å²) in [6.07, 6.45) is 3.37. The normalized spacial score (nSPS) is 13.6. The van der Waals surface area contributed by atoms with Crippen molar-refractivity contribution >= 4 is 11.4 Å². The maximum Gasteiger partial charge on any atom is 0.0855 e. The zero-order valence-corrected chi connectivity index (χ0v) is 12.2. The maximum atomic E-state index is 5.96. The van der Waals surface area contributed by atoms with Gasteiger partial charge in [-0.25, -0.2) is 0 Å². The van der Waals surface area contributed by atoms with Gasteiger partial charge in [0, 0.05) is 17.8 Å². The van der Waals surface area contributed by atoms with Crippen LogP contribution in [0.2, 0.25) is 0 Å². The van der Waals surface area contributed by atoms with Gasteiger partial charge in [-0.15, -0.1) is 0 Å². The Hall–Kier alpha value is -1.22. The number of hydrogen-bond donors (Lipinski definition) is 2. The molecule has 102 valence electrons. The van der Waals surface area contributed by atoms with E-state index in [1.165, 1.54) is 18.5 Å². The number of aryl methyl sites for hydroxylation is 1. The third kappa shape index (κ3) is 3.91. The van der Waals surface area contributed by atoms with Gasteiger partial charge in [-0.05, 0) is 43.5 Å². The highest BCUT2D eigenvalue weighted by Gasteiger charge is 2.21. The lowest BCUT2D eigenvalue weighted by Gasteiger charge is -2.36. The van der Waals surface area contributed by atoms with Crippen molar-refractivity contribution < 1.29 is 4.48 Å². The molecule has 1 aromatic rings. The summed E-state index contributed by atoms with van der Waals surface area (Å²) in [4.78, 5) is 0. The van der Waals surface area contributed by atoms with E-state index in [9.17, 15) is 0 Å². The molecular formula is C15H28N3+. The van der Waals surface area contributed by atoms with Crippen molar-refractivity contribution in [1.29, 1.82) is 0 Å². The fourth-order valence-electron chi connectivity index (χ4n) is 2.23. The smallest absolute Gasteiger partial charge is 0.0855 e. The predicted octanol–water partition coefficient (Wildman–Crippen LogP) is 2.66. The molecule has 0 spiro atoms. The molecule has 1 unspecified atom stereocenters. The predicted molar refractivity (Wildman–Crippen MR) is 80.3 cm³/mol. The number of anilines is 2. The molecule has 0 aliphatic carbocycles. The van der Waals surface area contributed by atoms with Crippen LogP contribution in [-0.2, 0) is 6.42 Å². The molecule has 18 heavy (non-hydrogen) atoms. The van der Waals surface area contributed by atoms with Crippen molar-refractivity contribution in [3.63, 3.8) is 0 Å². The Bertz CT molecular complexity index is 385. The molecule has 3 nitrogen and oxygen atoms in total. The maximum absolute atomic E-state index is 5.96. The molecule has 0 radical (unpaired) electrons. The van der Waals surface area contributed by atoms with Gasteiger partial charge in [0.1, 0.15) is 0 Å². The summed E-state index contributed by atoms with van der Waals surface area (Å²) in [6.45, 7) is 5.73. The van der Waals surface area contributed by atoms with E-state index in [1.807, 2.05) is 18.2 Å². The molecule has 0 heterocycles. The Labute approximate surface area is 111 Å². The Kier molecular flexibility index (Phi) is 5.03. The fourth-order valence-corrected chi connectivity index (χ4v) is 2.23. The standard InChI is InChI=1S/C15H28N3/c1-5-12(2)18(3,4)10-6-7-13-11-14(16)8-9-15(13)17/h8-9,11-12H,5-7,10,16-17H2,1-4H3/q+1. The van der Waals surface area contributed by atoms with Crippen molar-refractivity contribution in [2.45, 2.75) is 39.2 Å². The van der Waals surface area contributed by atoms with Crippen LogP contribution in [0.4, 0.5) is 11.4 Å². The van der Waals surface area contributed by atoms with Crippen molar-refractivity contribution in [1.82, 2.24) is 0 Å². The Morgan fingerprint density at radius 3 is 2.50 bits per heavy atom. The first-order valence-electron chi connectivity index (χ1n) is 6.83. The van der Waals surface area contributed by atoms with E-state index >= 15 is 0 Å². The second-order valence-electron chi connectivity index (χ2n) is 5.82. The summed E-state index contributed by atoms with van der Waals surface area (Å²) < 4.78 is 1.07. The number of nitrogens with two attached hydrogens (primary N) is 2. The number of hydrogen-bond acceptors (Lipinski definition) is 2. The Morgan fingerprint density at radius 1 is 1.22 bits per heavy atom. The van der Waals surface area contributed by atoms with E-state index < -0.39 is 0 Å². The molecule has 0 bridgehead atoms. The average Bonchev–Trinajstić information content (AvgIpc) is 2.32. The first-order chi connectivity index (χ1) is 8.36. The molecule has 0 aromatic heterocycles. The highest BCUT2D eigenvalue weighted by molar-refractivity contribution is 5.55. The molecule has 0 amide bonds. The quantitative estimate of drug-likeness (QED) is 0.602. The third-order valence-corrected chi connectivity index (χ3v) is 4.13. The number of nitrogens with zero attached hydrogens (tertiary/aromatic N) is 1. The summed E-state index contributed by atoms with van der Waals surface area (Å²) in [5.41, 5.74) is 14.6. The van der Waals surface area contributed by atoms with Crippen LogP contribution in [0, 0.1) is 0 Å². The van der Waals surface area contributed by atoms with Crippen LogP contribution in [0.25, 0.3) is 0 Å². The number of nitrogen functional groups attached to an aromatic ring is 2. The van der Waals surface area contributed by atoms with Crippen LogP contribution < -0.4 is 11.5 Å². The van der Waals surface area contributed by atoms with Gasteiger partial charge in [-0.3, -0.25) is 0 Å². The molecular weight excluding hydrogens is 222 g/mol. The Balaban J connectivity index is 2.53. The van der Waals surface area contributed by atoms with E-state index in [-0.39, 0.29) is 0 Å². The summed E-state index contributed by atoms with van der Waals surface area (Å²) in [5, 5.41) is 0. The van der Waals surface area contributed by atoms with Crippen molar-refractivity contribution in [3.05, 3.63) is 23.8 Å². The first-order valence-corrected chi connectivity index (χ1v) is 6.83. The SMILES string of the molecule is CCC(C)[N+](C)(C)CCCc1cc(N)ccc1N. The topological polar surface area (TPSA) is 52.0 Å². The second-order valence-corrected chi connectivity index (χ2v) is 5.82. The van der Waals surface area contributed by atoms with Gasteiger partial charge in [0.05, 0.1) is 26.7 Å². The summed E-state index contributed by atoms with van der Waals surface area (Å²) in [6, 6.07) is 6.46. The fraction of sp³-hybridized carbons (Fsp3) is 0.600. The van der Waals surface area contributed by atoms with Gasteiger partial charge in [0.15, 0.2) is 0 Å². The largest absolute Gasteiger partial charge is 0.399 e. The summed E-state index contributed by atoms with van der Waals surface area (Å²) >= 11 is 0. The van der Waals surface area contributed by atoms with Gasteiger partial charge in [-0.1, -0.05) is 6.92 Å². The molecule has 0 aliphatic rings. The van der Waals surface area contributed by atoms with E-state index in [0.29, 0.717) is 6.04 Å². The van der Waals surface area contributed by atoms with Gasteiger partial charge in [0.25, 0.3) is 0 Å². The number of quaternary nitrogens is 1. The molecule has 1 aromatic carbocycles. The zero-order valence-electron chi connectivity index (χ0n) is 12.2. The monoisotopic (exact) mass is 250 g/mol. The van der Waals surface area contributed by atoms with E-state index in [0.717, 1.165) is 28.7 Å². The van der Waals surface area contributed by atoms with Crippen LogP contribution in [0.1, 0.15) is 32.3 Å². The van der Waals surface area contributed by atoms with Gasteiger partial charge in [-0.2, -0.15) is 0 Å². The van der Waals surface area contributed by atoms with Crippen molar-refractivity contribution in [3.8, 4) is 0 Å². The third-order valence-electron chi connectivity index (χ3n) is 4.13. The molecule has 0 fully saturated rings. The lowest BCUT2D eigenvalue weighted by molar-refractivity contribution is -0.913. The molecule has 0 aliphatic heterocycles. The summed E-state index contributed by atoms with van der Waals surface area (Å²) in [5.74, 6) is 0. The molecule has 0 saturated carbocycles. The lowest BCUT2D eigenvalue weighted by atomic mass is 10.1. The molecule has 0 saturated heterocycles. The van der Waals surface area contributed by atoms with Gasteiger partial charge >= 0.3 is 0 Å². The second kappa shape index (κ2) is 6.10. The molecule has 1 atom stereocenters. The van der Waals surface area contributed by atoms with Crippen LogP contribution in [0.3, 0.4) is 0 Å². The van der Waals surface area contributed by atoms with Crippen LogP contribution in [0.15, 0.2) is 18.2 Å². The van der Waals surface area contributed by atoms with Crippen molar-refractivity contribution in [2.24, 2.45) is 0 Å². The average molecular weight is 250 g/mol. The molecule has 4 N–H and O–H groups in total. The number of benzene rings is 1. The minimum Gasteiger partial charge on any atom is -0.399 e. The summed E-state index contributed by atoms with van der Waals surface area (Å²) in [7, 11) is 4.60. The van der Waals surface area contributed by atoms with Gasteiger partial charge in [0.2, 0.25) is 0 Å². The number of rotatable bonds is 6. The van der Waals surface area contributed by atoms with Crippen LogP contribution in [-0.4, -0.2) is 31.2 Å².